The van der Waals surface area contributed by atoms with Gasteiger partial charge < -0.3 is 25.3 Å². The van der Waals surface area contributed by atoms with Gasteiger partial charge in [-0.1, -0.05) is 44.5 Å². The Hall–Kier alpha value is -3.43. The first-order valence-electron chi connectivity index (χ1n) is 16.2. The van der Waals surface area contributed by atoms with Gasteiger partial charge >= 0.3 is 0 Å². The monoisotopic (exact) mass is 595 g/mol. The van der Waals surface area contributed by atoms with Gasteiger partial charge in [-0.25, -0.2) is 0 Å². The van der Waals surface area contributed by atoms with E-state index >= 15 is 0 Å². The molecule has 1 unspecified atom stereocenters. The Balaban J connectivity index is 1.52. The minimum atomic E-state index is -1.18. The van der Waals surface area contributed by atoms with Crippen LogP contribution in [0.2, 0.25) is 0 Å². The van der Waals surface area contributed by atoms with Crippen molar-refractivity contribution in [2.45, 2.75) is 90.0 Å². The lowest BCUT2D eigenvalue weighted by atomic mass is 9.75. The maximum Gasteiger partial charge on any atom is 0.250 e. The Morgan fingerprint density at radius 3 is 2.47 bits per heavy atom. The average molecular weight is 596 g/mol. The highest BCUT2D eigenvalue weighted by Gasteiger charge is 2.44. The summed E-state index contributed by atoms with van der Waals surface area (Å²) in [6.07, 6.45) is 7.55. The molecule has 0 aromatic heterocycles. The molecule has 2 aliphatic heterocycles. The minimum Gasteiger partial charge on any atom is -0.354 e. The molecule has 1 aromatic carbocycles. The van der Waals surface area contributed by atoms with Crippen LogP contribution in [0.4, 0.5) is 0 Å². The van der Waals surface area contributed by atoms with Crippen molar-refractivity contribution in [3.63, 3.8) is 0 Å². The molecule has 10 heteroatoms. The lowest BCUT2D eigenvalue weighted by Crippen LogP contribution is -2.60. The Kier molecular flexibility index (Phi) is 11.6. The van der Waals surface area contributed by atoms with Crippen LogP contribution >= 0.6 is 0 Å². The van der Waals surface area contributed by atoms with Crippen LogP contribution in [-0.4, -0.2) is 90.0 Å². The summed E-state index contributed by atoms with van der Waals surface area (Å²) >= 11 is 0. The molecule has 0 bridgehead atoms. The number of fused-ring (bicyclic) bond motifs is 2. The normalized spacial score (nSPS) is 23.0. The van der Waals surface area contributed by atoms with Gasteiger partial charge in [-0.05, 0) is 68.4 Å². The van der Waals surface area contributed by atoms with Gasteiger partial charge in [-0.3, -0.25) is 24.0 Å². The molecular weight excluding hydrogens is 546 g/mol. The van der Waals surface area contributed by atoms with Crippen molar-refractivity contribution in [1.82, 2.24) is 25.3 Å². The van der Waals surface area contributed by atoms with Crippen molar-refractivity contribution >= 4 is 29.5 Å². The summed E-state index contributed by atoms with van der Waals surface area (Å²) in [7, 11) is 0. The van der Waals surface area contributed by atoms with Crippen LogP contribution in [0, 0.1) is 5.92 Å². The number of nitrogens with one attached hydrogen (secondary N) is 2. The third kappa shape index (κ3) is 8.57. The molecule has 43 heavy (non-hydrogen) atoms. The number of nitrogens with zero attached hydrogens (tertiary/aromatic N) is 3. The third-order valence-corrected chi connectivity index (χ3v) is 8.97. The van der Waals surface area contributed by atoms with Gasteiger partial charge in [-0.15, -0.1) is 0 Å². The van der Waals surface area contributed by atoms with E-state index in [-0.39, 0.29) is 43.1 Å². The van der Waals surface area contributed by atoms with Crippen LogP contribution in [-0.2, 0) is 35.9 Å². The summed E-state index contributed by atoms with van der Waals surface area (Å²) in [5.41, 5.74) is 0.684. The highest BCUT2D eigenvalue weighted by molar-refractivity contribution is 5.95. The van der Waals surface area contributed by atoms with Crippen LogP contribution in [0.25, 0.3) is 0 Å². The molecule has 4 rings (SSSR count). The van der Waals surface area contributed by atoms with E-state index in [2.05, 4.69) is 24.5 Å². The van der Waals surface area contributed by atoms with Crippen LogP contribution in [0.5, 0.6) is 0 Å². The number of carbonyl (C=O) groups excluding carboxylic acids is 5. The standard InChI is InChI=1S/C33H49N5O5/c1-25(2)15-21-38-23-28(39)35-33(17-10-12-26-11-5-6-13-27(26)33)32(43)34-18-7-9-20-37(24-31(38)42)30(41)16-22-36-19-8-3-4-14-29(36)40/h5-6,11,13,25H,3-4,7-10,12,14-24H2,1-2H3,(H,34,43)(H,35,39). The fraction of sp³-hybridized carbons (Fsp3) is 0.667. The summed E-state index contributed by atoms with van der Waals surface area (Å²) in [6, 6.07) is 7.77. The van der Waals surface area contributed by atoms with E-state index in [0.717, 1.165) is 43.2 Å². The zero-order valence-corrected chi connectivity index (χ0v) is 26.0. The number of hydrogen-bond donors (Lipinski definition) is 2. The molecule has 0 radical (unpaired) electrons. The molecule has 0 saturated carbocycles. The van der Waals surface area contributed by atoms with Crippen molar-refractivity contribution in [1.29, 1.82) is 0 Å². The number of carbonyl (C=O) groups is 5. The van der Waals surface area contributed by atoms with Crippen molar-refractivity contribution in [2.24, 2.45) is 5.92 Å². The molecule has 1 atom stereocenters. The van der Waals surface area contributed by atoms with Crippen molar-refractivity contribution in [2.75, 3.05) is 45.8 Å². The lowest BCUT2D eigenvalue weighted by Gasteiger charge is -2.39. The van der Waals surface area contributed by atoms with E-state index in [0.29, 0.717) is 70.7 Å². The van der Waals surface area contributed by atoms with Crippen LogP contribution in [0.3, 0.4) is 0 Å². The number of hydrogen-bond acceptors (Lipinski definition) is 5. The molecule has 1 spiro atoms. The zero-order valence-electron chi connectivity index (χ0n) is 26.0. The predicted octanol–water partition coefficient (Wildman–Crippen LogP) is 2.74. The van der Waals surface area contributed by atoms with E-state index in [1.807, 2.05) is 24.3 Å². The van der Waals surface area contributed by atoms with Crippen LogP contribution in [0.1, 0.15) is 89.2 Å². The lowest BCUT2D eigenvalue weighted by molar-refractivity contribution is -0.144. The van der Waals surface area contributed by atoms with Gasteiger partial charge in [0.15, 0.2) is 0 Å². The van der Waals surface area contributed by atoms with E-state index in [4.69, 9.17) is 0 Å². The van der Waals surface area contributed by atoms with Crippen molar-refractivity contribution in [3.05, 3.63) is 35.4 Å². The van der Waals surface area contributed by atoms with Gasteiger partial charge in [-0.2, -0.15) is 0 Å². The van der Waals surface area contributed by atoms with E-state index in [9.17, 15) is 24.0 Å². The average Bonchev–Trinajstić information content (AvgIpc) is 3.20. The number of benzene rings is 1. The highest BCUT2D eigenvalue weighted by atomic mass is 16.2. The molecule has 2 fully saturated rings. The van der Waals surface area contributed by atoms with E-state index in [1.54, 1.807) is 9.80 Å². The molecule has 1 aliphatic carbocycles. The number of rotatable bonds is 6. The Bertz CT molecular complexity index is 1170. The van der Waals surface area contributed by atoms with E-state index < -0.39 is 11.4 Å². The summed E-state index contributed by atoms with van der Waals surface area (Å²) in [5, 5.41) is 6.13. The summed E-state index contributed by atoms with van der Waals surface area (Å²) in [6.45, 7) is 5.98. The molecule has 10 nitrogen and oxygen atoms in total. The highest BCUT2D eigenvalue weighted by Crippen LogP contribution is 2.36. The first-order chi connectivity index (χ1) is 20.7. The number of amides is 5. The number of aryl methyl sites for hydroxylation is 1. The van der Waals surface area contributed by atoms with Gasteiger partial charge in [0, 0.05) is 45.6 Å². The largest absolute Gasteiger partial charge is 0.354 e. The first kappa shape index (κ1) is 32.5. The Morgan fingerprint density at radius 2 is 1.65 bits per heavy atom. The summed E-state index contributed by atoms with van der Waals surface area (Å²) in [5.74, 6) is -0.682. The smallest absolute Gasteiger partial charge is 0.250 e. The maximum atomic E-state index is 13.8. The number of likely N-dealkylation sites (tertiary alicyclic amines) is 1. The molecule has 236 valence electrons. The molecule has 1 aromatic rings. The molecule has 5 amide bonds. The SMILES string of the molecule is CC(C)CCN1CC(=O)NC2(CCCc3ccccc32)C(=O)NCCCCN(C(=O)CCN2CCCCCC2=O)CC1=O. The molecule has 2 saturated heterocycles. The van der Waals surface area contributed by atoms with E-state index in [1.165, 1.54) is 4.90 Å². The molecule has 2 N–H and O–H groups in total. The van der Waals surface area contributed by atoms with Gasteiger partial charge in [0.25, 0.3) is 0 Å². The maximum absolute atomic E-state index is 13.8. The van der Waals surface area contributed by atoms with Crippen LogP contribution < -0.4 is 10.6 Å². The van der Waals surface area contributed by atoms with Crippen LogP contribution in [0.15, 0.2) is 24.3 Å². The third-order valence-electron chi connectivity index (χ3n) is 8.97. The molecular formula is C33H49N5O5. The van der Waals surface area contributed by atoms with Gasteiger partial charge in [0.2, 0.25) is 29.5 Å². The molecule has 3 aliphatic rings. The topological polar surface area (TPSA) is 119 Å². The Labute approximate surface area is 255 Å². The summed E-state index contributed by atoms with van der Waals surface area (Å²) < 4.78 is 0. The van der Waals surface area contributed by atoms with Gasteiger partial charge in [0.05, 0.1) is 13.1 Å². The zero-order chi connectivity index (χ0) is 30.8. The second kappa shape index (κ2) is 15.3. The second-order valence-corrected chi connectivity index (χ2v) is 12.7. The summed E-state index contributed by atoms with van der Waals surface area (Å²) in [4.78, 5) is 71.8. The van der Waals surface area contributed by atoms with Crippen molar-refractivity contribution in [3.8, 4) is 0 Å². The van der Waals surface area contributed by atoms with Gasteiger partial charge in [0.1, 0.15) is 5.54 Å². The first-order valence-corrected chi connectivity index (χ1v) is 16.2. The quantitative estimate of drug-likeness (QED) is 0.524. The van der Waals surface area contributed by atoms with Crippen molar-refractivity contribution < 1.29 is 24.0 Å². The molecule has 2 heterocycles. The second-order valence-electron chi connectivity index (χ2n) is 12.7. The predicted molar refractivity (Wildman–Crippen MR) is 164 cm³/mol. The minimum absolute atomic E-state index is 0.0855. The fourth-order valence-corrected chi connectivity index (χ4v) is 6.41. The Morgan fingerprint density at radius 1 is 0.860 bits per heavy atom. The fourth-order valence-electron chi connectivity index (χ4n) is 6.41.